The number of pyridine rings is 1. The molecule has 0 spiro atoms. The van der Waals surface area contributed by atoms with E-state index in [0.717, 1.165) is 0 Å². The van der Waals surface area contributed by atoms with E-state index < -0.39 is 11.5 Å². The van der Waals surface area contributed by atoms with E-state index in [4.69, 9.17) is 22.1 Å². The van der Waals surface area contributed by atoms with Crippen molar-refractivity contribution in [1.82, 2.24) is 9.88 Å². The largest absolute Gasteiger partial charge is 0.444 e. The first-order chi connectivity index (χ1) is 10.7. The van der Waals surface area contributed by atoms with Crippen LogP contribution < -0.4 is 10.6 Å². The molecule has 2 heterocycles. The summed E-state index contributed by atoms with van der Waals surface area (Å²) < 4.78 is 5.36. The van der Waals surface area contributed by atoms with Crippen LogP contribution in [0.2, 0.25) is 5.15 Å². The molecular weight excluding hydrogens is 320 g/mol. The summed E-state index contributed by atoms with van der Waals surface area (Å²) >= 11 is 5.92. The molecule has 0 radical (unpaired) electrons. The molecule has 0 bridgehead atoms. The zero-order chi connectivity index (χ0) is 17.2. The highest BCUT2D eigenvalue weighted by molar-refractivity contribution is 6.29. The Morgan fingerprint density at radius 3 is 2.35 bits per heavy atom. The van der Waals surface area contributed by atoms with Crippen LogP contribution in [0.25, 0.3) is 0 Å². The van der Waals surface area contributed by atoms with Crippen molar-refractivity contribution in [3.8, 4) is 0 Å². The van der Waals surface area contributed by atoms with E-state index in [1.165, 1.54) is 6.07 Å². The number of aromatic nitrogens is 1. The van der Waals surface area contributed by atoms with Crippen molar-refractivity contribution in [1.29, 1.82) is 0 Å². The molecule has 0 atom stereocenters. The van der Waals surface area contributed by atoms with Crippen molar-refractivity contribution in [3.63, 3.8) is 0 Å². The molecule has 2 amide bonds. The van der Waals surface area contributed by atoms with Gasteiger partial charge in [-0.3, -0.25) is 4.79 Å². The van der Waals surface area contributed by atoms with Crippen molar-refractivity contribution in [2.45, 2.75) is 26.4 Å². The molecular formula is C15H21ClN4O3. The highest BCUT2D eigenvalue weighted by atomic mass is 35.5. The Labute approximate surface area is 140 Å². The summed E-state index contributed by atoms with van der Waals surface area (Å²) in [6.45, 7) is 7.48. The van der Waals surface area contributed by atoms with Crippen LogP contribution in [0.15, 0.2) is 12.1 Å². The third-order valence-electron chi connectivity index (χ3n) is 3.34. The van der Waals surface area contributed by atoms with Gasteiger partial charge in [0.05, 0.1) is 5.56 Å². The summed E-state index contributed by atoms with van der Waals surface area (Å²) in [4.78, 5) is 31.3. The summed E-state index contributed by atoms with van der Waals surface area (Å²) in [5.74, 6) is -0.104. The molecule has 1 aromatic rings. The molecule has 1 aromatic heterocycles. The molecule has 1 saturated heterocycles. The lowest BCUT2D eigenvalue weighted by atomic mass is 10.2. The van der Waals surface area contributed by atoms with Gasteiger partial charge < -0.3 is 20.3 Å². The molecule has 1 aliphatic heterocycles. The van der Waals surface area contributed by atoms with E-state index in [-0.39, 0.29) is 6.09 Å². The molecule has 23 heavy (non-hydrogen) atoms. The quantitative estimate of drug-likeness (QED) is 0.830. The maximum atomic E-state index is 12.1. The van der Waals surface area contributed by atoms with Gasteiger partial charge in [0, 0.05) is 26.2 Å². The number of halogens is 1. The van der Waals surface area contributed by atoms with Gasteiger partial charge in [0.15, 0.2) is 0 Å². The van der Waals surface area contributed by atoms with Gasteiger partial charge in [-0.1, -0.05) is 11.6 Å². The van der Waals surface area contributed by atoms with Crippen LogP contribution >= 0.6 is 11.6 Å². The fourth-order valence-electron chi connectivity index (χ4n) is 2.29. The fourth-order valence-corrected chi connectivity index (χ4v) is 2.43. The first kappa shape index (κ1) is 17.3. The minimum atomic E-state index is -0.557. The van der Waals surface area contributed by atoms with Gasteiger partial charge in [-0.05, 0) is 32.9 Å². The first-order valence-corrected chi connectivity index (χ1v) is 7.74. The number of amides is 2. The summed E-state index contributed by atoms with van der Waals surface area (Å²) in [6.07, 6.45) is -0.341. The van der Waals surface area contributed by atoms with E-state index in [9.17, 15) is 9.59 Å². The first-order valence-electron chi connectivity index (χ1n) is 7.36. The number of primary amides is 1. The zero-order valence-electron chi connectivity index (χ0n) is 13.5. The van der Waals surface area contributed by atoms with Gasteiger partial charge in [-0.25, -0.2) is 9.78 Å². The molecule has 1 aliphatic rings. The maximum absolute atomic E-state index is 12.1. The van der Waals surface area contributed by atoms with Crippen molar-refractivity contribution >= 4 is 29.4 Å². The molecule has 1 fully saturated rings. The second-order valence-corrected chi connectivity index (χ2v) is 6.71. The number of hydrogen-bond donors (Lipinski definition) is 1. The molecule has 2 rings (SSSR count). The summed E-state index contributed by atoms with van der Waals surface area (Å²) in [6, 6.07) is 3.09. The molecule has 2 N–H and O–H groups in total. The number of anilines is 1. The topological polar surface area (TPSA) is 88.8 Å². The minimum Gasteiger partial charge on any atom is -0.444 e. The number of rotatable bonds is 2. The number of carbonyl (C=O) groups excluding carboxylic acids is 2. The van der Waals surface area contributed by atoms with Crippen molar-refractivity contribution in [2.24, 2.45) is 5.73 Å². The highest BCUT2D eigenvalue weighted by Crippen LogP contribution is 2.22. The number of piperazine rings is 1. The van der Waals surface area contributed by atoms with E-state index in [1.807, 2.05) is 25.7 Å². The van der Waals surface area contributed by atoms with Crippen LogP contribution in [0, 0.1) is 0 Å². The average Bonchev–Trinajstić information content (AvgIpc) is 2.45. The Balaban J connectivity index is 2.06. The lowest BCUT2D eigenvalue weighted by Gasteiger charge is -2.36. The van der Waals surface area contributed by atoms with E-state index in [0.29, 0.717) is 42.7 Å². The van der Waals surface area contributed by atoms with Crippen molar-refractivity contribution in [2.75, 3.05) is 31.1 Å². The lowest BCUT2D eigenvalue weighted by Crippen LogP contribution is -2.50. The number of nitrogens with two attached hydrogens (primary N) is 1. The van der Waals surface area contributed by atoms with Crippen LogP contribution in [-0.4, -0.2) is 53.7 Å². The second-order valence-electron chi connectivity index (χ2n) is 6.32. The predicted molar refractivity (Wildman–Crippen MR) is 87.8 cm³/mol. The molecule has 7 nitrogen and oxygen atoms in total. The minimum absolute atomic E-state index is 0.291. The van der Waals surface area contributed by atoms with Crippen molar-refractivity contribution in [3.05, 3.63) is 22.8 Å². The molecule has 8 heteroatoms. The Bertz CT molecular complexity index is 607. The van der Waals surface area contributed by atoms with Gasteiger partial charge in [0.2, 0.25) is 0 Å². The smallest absolute Gasteiger partial charge is 0.410 e. The molecule has 0 aliphatic carbocycles. The van der Waals surface area contributed by atoms with Gasteiger partial charge in [0.1, 0.15) is 16.6 Å². The lowest BCUT2D eigenvalue weighted by molar-refractivity contribution is 0.0240. The predicted octanol–water partition coefficient (Wildman–Crippen LogP) is 1.89. The standard InChI is InChI=1S/C15H21ClN4O3/c1-15(2,3)23-14(22)20-8-6-19(7-9-20)13-10(12(17)21)4-5-11(16)18-13/h4-5H,6-9H2,1-3H3,(H2,17,21). The molecule has 0 unspecified atom stereocenters. The molecule has 0 saturated carbocycles. The number of nitrogens with zero attached hydrogens (tertiary/aromatic N) is 3. The zero-order valence-corrected chi connectivity index (χ0v) is 14.3. The molecule has 126 valence electrons. The van der Waals surface area contributed by atoms with Gasteiger partial charge in [-0.15, -0.1) is 0 Å². The summed E-state index contributed by atoms with van der Waals surface area (Å²) in [5, 5.41) is 0.291. The van der Waals surface area contributed by atoms with E-state index >= 15 is 0 Å². The molecule has 0 aromatic carbocycles. The second kappa shape index (κ2) is 6.62. The fraction of sp³-hybridized carbons (Fsp3) is 0.533. The monoisotopic (exact) mass is 340 g/mol. The van der Waals surface area contributed by atoms with Crippen LogP contribution in [0.4, 0.5) is 10.6 Å². The highest BCUT2D eigenvalue weighted by Gasteiger charge is 2.27. The SMILES string of the molecule is CC(C)(C)OC(=O)N1CCN(c2nc(Cl)ccc2C(N)=O)CC1. The summed E-state index contributed by atoms with van der Waals surface area (Å²) in [7, 11) is 0. The van der Waals surface area contributed by atoms with Crippen LogP contribution in [-0.2, 0) is 4.74 Å². The van der Waals surface area contributed by atoms with Gasteiger partial charge >= 0.3 is 6.09 Å². The normalized spacial score (nSPS) is 15.5. The maximum Gasteiger partial charge on any atom is 0.410 e. The number of hydrogen-bond acceptors (Lipinski definition) is 5. The van der Waals surface area contributed by atoms with Crippen LogP contribution in [0.3, 0.4) is 0 Å². The third-order valence-corrected chi connectivity index (χ3v) is 3.55. The Kier molecular flexibility index (Phi) is 4.99. The van der Waals surface area contributed by atoms with Crippen molar-refractivity contribution < 1.29 is 14.3 Å². The Hall–Kier alpha value is -2.02. The third kappa shape index (κ3) is 4.48. The van der Waals surface area contributed by atoms with Gasteiger partial charge in [-0.2, -0.15) is 0 Å². The average molecular weight is 341 g/mol. The van der Waals surface area contributed by atoms with E-state index in [1.54, 1.807) is 11.0 Å². The number of carbonyl (C=O) groups is 2. The van der Waals surface area contributed by atoms with Gasteiger partial charge in [0.25, 0.3) is 5.91 Å². The van der Waals surface area contributed by atoms with Crippen LogP contribution in [0.1, 0.15) is 31.1 Å². The summed E-state index contributed by atoms with van der Waals surface area (Å²) in [5.41, 5.74) is 5.18. The Morgan fingerprint density at radius 1 is 1.22 bits per heavy atom. The number of ether oxygens (including phenoxy) is 1. The van der Waals surface area contributed by atoms with Crippen LogP contribution in [0.5, 0.6) is 0 Å². The Morgan fingerprint density at radius 2 is 1.83 bits per heavy atom. The van der Waals surface area contributed by atoms with E-state index in [2.05, 4.69) is 4.98 Å².